The van der Waals surface area contributed by atoms with Gasteiger partial charge in [-0.1, -0.05) is 6.08 Å². The van der Waals surface area contributed by atoms with Gasteiger partial charge in [0.25, 0.3) is 6.43 Å². The number of rotatable bonds is 6. The minimum absolute atomic E-state index is 0.00428. The number of amides is 1. The number of aryl methyl sites for hydroxylation is 1. The number of nitrogens with one attached hydrogen (secondary N) is 2. The summed E-state index contributed by atoms with van der Waals surface area (Å²) >= 11 is 9.86. The normalized spacial score (nSPS) is 18.4. The van der Waals surface area contributed by atoms with E-state index in [1.807, 2.05) is 13.0 Å². The van der Waals surface area contributed by atoms with Crippen LogP contribution < -0.4 is 10.6 Å². The van der Waals surface area contributed by atoms with Crippen molar-refractivity contribution in [1.82, 2.24) is 19.9 Å². The Balaban J connectivity index is 1.74. The van der Waals surface area contributed by atoms with E-state index in [0.29, 0.717) is 34.7 Å². The fraction of sp³-hybridized carbons (Fsp3) is 0.458. The molecule has 0 bridgehead atoms. The Morgan fingerprint density at radius 1 is 1.42 bits per heavy atom. The average Bonchev–Trinajstić information content (AvgIpc) is 3.38. The Labute approximate surface area is 220 Å². The zero-order valence-electron chi connectivity index (χ0n) is 20.2. The second-order valence-corrected chi connectivity index (χ2v) is 10.7. The highest BCUT2D eigenvalue weighted by molar-refractivity contribution is 9.10. The molecule has 4 rings (SSSR count). The number of carbonyl (C=O) groups is 1. The van der Waals surface area contributed by atoms with Gasteiger partial charge in [-0.25, -0.2) is 18.1 Å². The number of ether oxygens (including phenoxy) is 1. The Kier molecular flexibility index (Phi) is 7.61. The summed E-state index contributed by atoms with van der Waals surface area (Å²) in [6.45, 7) is 7.52. The van der Waals surface area contributed by atoms with Gasteiger partial charge in [0.15, 0.2) is 5.82 Å². The Morgan fingerprint density at radius 2 is 2.17 bits per heavy atom. The molecule has 0 aromatic carbocycles. The van der Waals surface area contributed by atoms with E-state index >= 15 is 0 Å². The molecule has 36 heavy (non-hydrogen) atoms. The van der Waals surface area contributed by atoms with E-state index in [2.05, 4.69) is 36.6 Å². The number of fused-ring (bicyclic) bond motifs is 1. The number of halogens is 4. The van der Waals surface area contributed by atoms with Gasteiger partial charge in [-0.2, -0.15) is 4.98 Å². The molecule has 0 aliphatic heterocycles. The van der Waals surface area contributed by atoms with Crippen LogP contribution in [0.3, 0.4) is 0 Å². The van der Waals surface area contributed by atoms with E-state index in [4.69, 9.17) is 20.8 Å². The number of carbonyl (C=O) groups excluding carboxylic acids is 1. The molecule has 0 spiro atoms. The van der Waals surface area contributed by atoms with E-state index in [0.717, 1.165) is 11.1 Å². The molecule has 1 aliphatic rings. The molecule has 2 N–H and O–H groups in total. The van der Waals surface area contributed by atoms with Crippen LogP contribution >= 0.6 is 27.5 Å². The number of hydrogen-bond donors (Lipinski definition) is 2. The summed E-state index contributed by atoms with van der Waals surface area (Å²) in [5.74, 6) is 0.880. The van der Waals surface area contributed by atoms with Crippen molar-refractivity contribution in [2.45, 2.75) is 71.1 Å². The lowest BCUT2D eigenvalue weighted by molar-refractivity contribution is 0.0489. The van der Waals surface area contributed by atoms with Crippen LogP contribution in [0.2, 0.25) is 5.28 Å². The standard InChI is InChI=1S/C24H27BrClF2N5O3/c1-12-17(15-8-7-13(20(27)28)10-16(15)30-23(34)36-24(2,3)4)19(25)33-18(12)21(31-22(26)32-33)29-11-14-6-5-9-35-14/h5-7,9,15-16,20H,8,10-11H2,1-4H3,(H,30,34)(H,29,31,32). The lowest BCUT2D eigenvalue weighted by Crippen LogP contribution is -2.44. The van der Waals surface area contributed by atoms with Gasteiger partial charge in [-0.05, 0) is 96.9 Å². The number of alkyl carbamates (subject to hydrolysis) is 1. The topological polar surface area (TPSA) is 93.7 Å². The number of aromatic nitrogens is 3. The molecule has 3 heterocycles. The van der Waals surface area contributed by atoms with Gasteiger partial charge in [0, 0.05) is 12.0 Å². The van der Waals surface area contributed by atoms with E-state index in [1.54, 1.807) is 43.7 Å². The molecule has 1 amide bonds. The van der Waals surface area contributed by atoms with Gasteiger partial charge < -0.3 is 19.8 Å². The van der Waals surface area contributed by atoms with Gasteiger partial charge in [0.05, 0.1) is 12.8 Å². The Hall–Kier alpha value is -2.66. The molecule has 0 saturated heterocycles. The summed E-state index contributed by atoms with van der Waals surface area (Å²) in [7, 11) is 0. The average molecular weight is 587 g/mol. The molecule has 0 saturated carbocycles. The minimum Gasteiger partial charge on any atom is -0.467 e. The predicted octanol–water partition coefficient (Wildman–Crippen LogP) is 6.62. The molecule has 0 fully saturated rings. The van der Waals surface area contributed by atoms with Crippen molar-refractivity contribution in [2.75, 3.05) is 5.32 Å². The van der Waals surface area contributed by atoms with Crippen LogP contribution in [0.15, 0.2) is 39.1 Å². The minimum atomic E-state index is -2.60. The Morgan fingerprint density at radius 3 is 2.81 bits per heavy atom. The van der Waals surface area contributed by atoms with Crippen molar-refractivity contribution in [3.8, 4) is 0 Å². The number of alkyl halides is 2. The highest BCUT2D eigenvalue weighted by Gasteiger charge is 2.36. The van der Waals surface area contributed by atoms with Crippen LogP contribution in [0.5, 0.6) is 0 Å². The summed E-state index contributed by atoms with van der Waals surface area (Å²) < 4.78 is 40.2. The smallest absolute Gasteiger partial charge is 0.407 e. The lowest BCUT2D eigenvalue weighted by Gasteiger charge is -2.33. The van der Waals surface area contributed by atoms with Crippen LogP contribution in [-0.4, -0.2) is 38.8 Å². The number of furan rings is 1. The van der Waals surface area contributed by atoms with Crippen LogP contribution in [0, 0.1) is 6.92 Å². The van der Waals surface area contributed by atoms with Crippen molar-refractivity contribution < 1.29 is 22.7 Å². The van der Waals surface area contributed by atoms with Crippen molar-refractivity contribution >= 4 is 45.0 Å². The molecule has 0 radical (unpaired) electrons. The van der Waals surface area contributed by atoms with Gasteiger partial charge in [0.1, 0.15) is 21.5 Å². The number of nitrogens with zero attached hydrogens (tertiary/aromatic N) is 3. The van der Waals surface area contributed by atoms with Crippen LogP contribution in [0.25, 0.3) is 5.52 Å². The number of hydrogen-bond acceptors (Lipinski definition) is 6. The molecule has 1 aliphatic carbocycles. The first-order valence-electron chi connectivity index (χ1n) is 11.4. The van der Waals surface area contributed by atoms with Gasteiger partial charge in [-0.15, -0.1) is 5.10 Å². The first-order valence-corrected chi connectivity index (χ1v) is 12.6. The first kappa shape index (κ1) is 26.4. The Bertz CT molecular complexity index is 1290. The van der Waals surface area contributed by atoms with Crippen molar-refractivity contribution in [2.24, 2.45) is 0 Å². The third-order valence-corrected chi connectivity index (χ3v) is 6.85. The van der Waals surface area contributed by atoms with Crippen LogP contribution in [0.4, 0.5) is 19.4 Å². The first-order chi connectivity index (χ1) is 16.9. The summed E-state index contributed by atoms with van der Waals surface area (Å²) in [5, 5.41) is 10.4. The molecule has 8 nitrogen and oxygen atoms in total. The second-order valence-electron chi connectivity index (χ2n) is 9.63. The molecular formula is C24H27BrClF2N5O3. The monoisotopic (exact) mass is 585 g/mol. The van der Waals surface area contributed by atoms with Crippen LogP contribution in [-0.2, 0) is 11.3 Å². The van der Waals surface area contributed by atoms with Gasteiger partial charge >= 0.3 is 6.09 Å². The zero-order chi connectivity index (χ0) is 26.2. The quantitative estimate of drug-likeness (QED) is 0.315. The molecule has 194 valence electrons. The van der Waals surface area contributed by atoms with Gasteiger partial charge in [-0.3, -0.25) is 0 Å². The second kappa shape index (κ2) is 10.4. The summed E-state index contributed by atoms with van der Waals surface area (Å²) in [6.07, 6.45) is 0.162. The number of anilines is 1. The fourth-order valence-corrected chi connectivity index (χ4v) is 5.45. The molecule has 3 aromatic rings. The van der Waals surface area contributed by atoms with E-state index < -0.39 is 24.2 Å². The lowest BCUT2D eigenvalue weighted by atomic mass is 9.80. The largest absolute Gasteiger partial charge is 0.467 e. The van der Waals surface area contributed by atoms with E-state index in [1.165, 1.54) is 0 Å². The van der Waals surface area contributed by atoms with Crippen molar-refractivity contribution in [3.63, 3.8) is 0 Å². The maximum atomic E-state index is 13.6. The third kappa shape index (κ3) is 5.67. The SMILES string of the molecule is Cc1c(C2CC=C(C(F)F)CC2NC(=O)OC(C)(C)C)c(Br)n2nc(Cl)nc(NCc3ccco3)c12. The maximum absolute atomic E-state index is 13.6. The fourth-order valence-electron chi connectivity index (χ4n) is 4.44. The van der Waals surface area contributed by atoms with E-state index in [9.17, 15) is 13.6 Å². The van der Waals surface area contributed by atoms with Gasteiger partial charge in [0.2, 0.25) is 5.28 Å². The predicted molar refractivity (Wildman–Crippen MR) is 136 cm³/mol. The van der Waals surface area contributed by atoms with Crippen LogP contribution in [0.1, 0.15) is 56.4 Å². The summed E-state index contributed by atoms with van der Waals surface area (Å²) in [6, 6.07) is 3.00. The summed E-state index contributed by atoms with van der Waals surface area (Å²) in [5.41, 5.74) is 1.59. The highest BCUT2D eigenvalue weighted by atomic mass is 79.9. The molecule has 2 unspecified atom stereocenters. The van der Waals surface area contributed by atoms with Crippen molar-refractivity contribution in [1.29, 1.82) is 0 Å². The van der Waals surface area contributed by atoms with Crippen molar-refractivity contribution in [3.05, 3.63) is 56.8 Å². The number of allylic oxidation sites excluding steroid dienone is 1. The highest BCUT2D eigenvalue weighted by Crippen LogP contribution is 2.42. The molecule has 3 aromatic heterocycles. The molecular weight excluding hydrogens is 560 g/mol. The maximum Gasteiger partial charge on any atom is 0.407 e. The van der Waals surface area contributed by atoms with E-state index in [-0.39, 0.29) is 23.2 Å². The summed E-state index contributed by atoms with van der Waals surface area (Å²) in [4.78, 5) is 17.0. The molecule has 2 atom stereocenters. The zero-order valence-corrected chi connectivity index (χ0v) is 22.6. The molecule has 12 heteroatoms. The third-order valence-electron chi connectivity index (χ3n) is 5.93.